The zero-order valence-electron chi connectivity index (χ0n) is 18.4. The minimum atomic E-state index is -0.474. The van der Waals surface area contributed by atoms with E-state index in [1.165, 1.54) is 18.7 Å². The first-order chi connectivity index (χ1) is 14.7. The number of ketones is 1. The molecule has 2 aromatic carbocycles. The van der Waals surface area contributed by atoms with Crippen LogP contribution in [0.25, 0.3) is 0 Å². The first-order valence-corrected chi connectivity index (χ1v) is 11.1. The van der Waals surface area contributed by atoms with Crippen LogP contribution in [0.1, 0.15) is 43.6 Å². The van der Waals surface area contributed by atoms with Crippen molar-refractivity contribution in [2.75, 3.05) is 10.2 Å². The molecular weight excluding hydrogens is 410 g/mol. The van der Waals surface area contributed by atoms with Gasteiger partial charge in [-0.3, -0.25) is 19.3 Å². The summed E-state index contributed by atoms with van der Waals surface area (Å²) in [6.07, 6.45) is 0. The van der Waals surface area contributed by atoms with Crippen molar-refractivity contribution in [2.24, 2.45) is 10.9 Å². The van der Waals surface area contributed by atoms with Gasteiger partial charge in [-0.2, -0.15) is 0 Å². The van der Waals surface area contributed by atoms with Crippen LogP contribution in [0.3, 0.4) is 0 Å². The Hall–Kier alpha value is -2.93. The number of carbonyl (C=O) groups excluding carboxylic acids is 3. The summed E-state index contributed by atoms with van der Waals surface area (Å²) in [5, 5.41) is 2.92. The van der Waals surface area contributed by atoms with Crippen LogP contribution < -0.4 is 10.2 Å². The van der Waals surface area contributed by atoms with E-state index in [0.29, 0.717) is 16.4 Å². The molecule has 31 heavy (non-hydrogen) atoms. The van der Waals surface area contributed by atoms with Crippen molar-refractivity contribution >= 4 is 45.9 Å². The topological polar surface area (TPSA) is 78.8 Å². The van der Waals surface area contributed by atoms with Gasteiger partial charge in [0.2, 0.25) is 5.91 Å². The van der Waals surface area contributed by atoms with Crippen molar-refractivity contribution in [1.82, 2.24) is 0 Å². The summed E-state index contributed by atoms with van der Waals surface area (Å²) in [6, 6.07) is 14.0. The van der Waals surface area contributed by atoms with E-state index in [1.807, 2.05) is 45.0 Å². The summed E-state index contributed by atoms with van der Waals surface area (Å²) in [4.78, 5) is 43.5. The normalized spacial score (nSPS) is 17.0. The van der Waals surface area contributed by atoms with Crippen LogP contribution in [0, 0.1) is 12.8 Å². The number of amides is 2. The van der Waals surface area contributed by atoms with E-state index < -0.39 is 11.3 Å². The van der Waals surface area contributed by atoms with E-state index in [-0.39, 0.29) is 23.5 Å². The average molecular weight is 438 g/mol. The number of aliphatic imine (C=N–C) groups is 1. The second-order valence-corrected chi connectivity index (χ2v) is 9.30. The smallest absolute Gasteiger partial charge is 0.258 e. The number of aryl methyl sites for hydroxylation is 1. The summed E-state index contributed by atoms with van der Waals surface area (Å²) in [5.74, 6) is -0.245. The fraction of sp³-hybridized carbons (Fsp3) is 0.333. The van der Waals surface area contributed by atoms with Crippen LogP contribution in [-0.2, 0) is 9.59 Å². The fourth-order valence-electron chi connectivity index (χ4n) is 3.15. The van der Waals surface area contributed by atoms with E-state index in [0.717, 1.165) is 11.3 Å². The highest BCUT2D eigenvalue weighted by atomic mass is 32.2. The molecule has 1 aliphatic heterocycles. The molecule has 2 amide bonds. The number of hydrogen-bond acceptors (Lipinski definition) is 5. The van der Waals surface area contributed by atoms with Gasteiger partial charge in [0.25, 0.3) is 5.91 Å². The van der Waals surface area contributed by atoms with Crippen molar-refractivity contribution < 1.29 is 14.4 Å². The van der Waals surface area contributed by atoms with Gasteiger partial charge in [-0.25, -0.2) is 4.99 Å². The first-order valence-electron chi connectivity index (χ1n) is 10.2. The van der Waals surface area contributed by atoms with E-state index >= 15 is 0 Å². The molecule has 2 aromatic rings. The lowest BCUT2D eigenvalue weighted by atomic mass is 10.0. The zero-order valence-corrected chi connectivity index (χ0v) is 19.2. The molecule has 0 bridgehead atoms. The van der Waals surface area contributed by atoms with Gasteiger partial charge >= 0.3 is 0 Å². The van der Waals surface area contributed by atoms with Crippen molar-refractivity contribution in [3.8, 4) is 0 Å². The number of nitrogens with zero attached hydrogens (tertiary/aromatic N) is 2. The van der Waals surface area contributed by atoms with E-state index in [4.69, 9.17) is 0 Å². The lowest BCUT2D eigenvalue weighted by molar-refractivity contribution is -0.119. The standard InChI is InChI=1S/C24H27N3O3S/c1-14(2)21-23(30)27(20-12-6-15(3)7-13-20)24(26-21)31-17(5)22(29)25-19-10-8-18(9-11-19)16(4)28/h6-14,17,21H,1-5H3,(H,25,29)/t17-,21-/m1/s1. The first kappa shape index (κ1) is 22.7. The molecular formula is C24H27N3O3S. The number of carbonyl (C=O) groups is 3. The Morgan fingerprint density at radius 1 is 1.03 bits per heavy atom. The monoisotopic (exact) mass is 437 g/mol. The second-order valence-electron chi connectivity index (χ2n) is 7.99. The molecule has 0 unspecified atom stereocenters. The zero-order chi connectivity index (χ0) is 22.7. The Morgan fingerprint density at radius 2 is 1.65 bits per heavy atom. The summed E-state index contributed by atoms with van der Waals surface area (Å²) >= 11 is 1.26. The lowest BCUT2D eigenvalue weighted by Gasteiger charge is -2.21. The minimum Gasteiger partial charge on any atom is -0.325 e. The molecule has 1 heterocycles. The van der Waals surface area contributed by atoms with Gasteiger partial charge in [-0.1, -0.05) is 43.3 Å². The van der Waals surface area contributed by atoms with Crippen molar-refractivity contribution in [1.29, 1.82) is 0 Å². The third-order valence-corrected chi connectivity index (χ3v) is 6.11. The predicted octanol–water partition coefficient (Wildman–Crippen LogP) is 4.69. The molecule has 0 aromatic heterocycles. The number of hydrogen-bond donors (Lipinski definition) is 1. The number of anilines is 2. The van der Waals surface area contributed by atoms with Gasteiger partial charge in [0.15, 0.2) is 11.0 Å². The van der Waals surface area contributed by atoms with Gasteiger partial charge in [0, 0.05) is 11.3 Å². The van der Waals surface area contributed by atoms with Crippen LogP contribution in [0.15, 0.2) is 53.5 Å². The van der Waals surface area contributed by atoms with Crippen molar-refractivity contribution in [3.05, 3.63) is 59.7 Å². The van der Waals surface area contributed by atoms with Crippen molar-refractivity contribution in [3.63, 3.8) is 0 Å². The molecule has 0 radical (unpaired) electrons. The molecule has 0 aliphatic carbocycles. The predicted molar refractivity (Wildman–Crippen MR) is 127 cm³/mol. The Bertz CT molecular complexity index is 1010. The number of nitrogens with one attached hydrogen (secondary N) is 1. The molecule has 1 N–H and O–H groups in total. The van der Waals surface area contributed by atoms with Gasteiger partial charge in [-0.15, -0.1) is 0 Å². The third-order valence-electron chi connectivity index (χ3n) is 5.05. The average Bonchev–Trinajstić information content (AvgIpc) is 3.05. The molecule has 2 atom stereocenters. The van der Waals surface area contributed by atoms with Gasteiger partial charge < -0.3 is 5.32 Å². The van der Waals surface area contributed by atoms with Gasteiger partial charge in [0.1, 0.15) is 6.04 Å². The summed E-state index contributed by atoms with van der Waals surface area (Å²) in [6.45, 7) is 9.21. The molecule has 3 rings (SSSR count). The van der Waals surface area contributed by atoms with Crippen LogP contribution in [0.2, 0.25) is 0 Å². The number of amidine groups is 1. The molecule has 162 valence electrons. The van der Waals surface area contributed by atoms with Crippen molar-refractivity contribution in [2.45, 2.75) is 45.9 Å². The van der Waals surface area contributed by atoms with Crippen LogP contribution in [0.5, 0.6) is 0 Å². The summed E-state index contributed by atoms with van der Waals surface area (Å²) in [7, 11) is 0. The fourth-order valence-corrected chi connectivity index (χ4v) is 4.11. The highest BCUT2D eigenvalue weighted by Gasteiger charge is 2.38. The lowest BCUT2D eigenvalue weighted by Crippen LogP contribution is -2.37. The number of benzene rings is 2. The number of Topliss-reactive ketones (excluding diaryl/α,β-unsaturated/α-hetero) is 1. The Labute approximate surface area is 187 Å². The summed E-state index contributed by atoms with van der Waals surface area (Å²) in [5.41, 5.74) is 3.05. The Morgan fingerprint density at radius 3 is 2.19 bits per heavy atom. The number of thioether (sulfide) groups is 1. The molecule has 0 spiro atoms. The largest absolute Gasteiger partial charge is 0.325 e. The van der Waals surface area contributed by atoms with Crippen LogP contribution in [-0.4, -0.2) is 34.1 Å². The number of rotatable bonds is 6. The maximum absolute atomic E-state index is 13.0. The quantitative estimate of drug-likeness (QED) is 0.665. The van der Waals surface area contributed by atoms with Crippen LogP contribution >= 0.6 is 11.8 Å². The van der Waals surface area contributed by atoms with E-state index in [2.05, 4.69) is 10.3 Å². The highest BCUT2D eigenvalue weighted by Crippen LogP contribution is 2.31. The SMILES string of the molecule is CC(=O)c1ccc(NC(=O)[C@@H](C)SC2=N[C@H](C(C)C)C(=O)N2c2ccc(C)cc2)cc1. The Balaban J connectivity index is 1.76. The Kier molecular flexibility index (Phi) is 6.95. The van der Waals surface area contributed by atoms with Crippen LogP contribution in [0.4, 0.5) is 11.4 Å². The van der Waals surface area contributed by atoms with E-state index in [9.17, 15) is 14.4 Å². The summed E-state index contributed by atoms with van der Waals surface area (Å²) < 4.78 is 0. The molecule has 0 saturated carbocycles. The van der Waals surface area contributed by atoms with Gasteiger partial charge in [0.05, 0.1) is 10.9 Å². The second kappa shape index (κ2) is 9.47. The molecule has 1 aliphatic rings. The maximum Gasteiger partial charge on any atom is 0.258 e. The highest BCUT2D eigenvalue weighted by molar-refractivity contribution is 8.15. The molecule has 7 heteroatoms. The minimum absolute atomic E-state index is 0.0263. The molecule has 0 fully saturated rings. The maximum atomic E-state index is 13.0. The molecule has 0 saturated heterocycles. The van der Waals surface area contributed by atoms with Gasteiger partial charge in [-0.05, 0) is 63.1 Å². The van der Waals surface area contributed by atoms with E-state index in [1.54, 1.807) is 36.1 Å². The molecule has 6 nitrogen and oxygen atoms in total. The third kappa shape index (κ3) is 5.22.